The molecular weight excluding hydrogens is 238 g/mol. The van der Waals surface area contributed by atoms with Crippen LogP contribution < -0.4 is 9.47 Å². The molecule has 1 aromatic rings. The van der Waals surface area contributed by atoms with E-state index >= 15 is 0 Å². The zero-order valence-electron chi connectivity index (χ0n) is 9.87. The molecule has 0 saturated heterocycles. The minimum atomic E-state index is -1.08. The number of azide groups is 1. The molecule has 0 fully saturated rings. The molecule has 7 nitrogen and oxygen atoms in total. The second-order valence-electron chi connectivity index (χ2n) is 3.30. The van der Waals surface area contributed by atoms with Gasteiger partial charge in [0.25, 0.3) is 0 Å². The minimum absolute atomic E-state index is 0.0399. The molecule has 7 heteroatoms. The van der Waals surface area contributed by atoms with Crippen molar-refractivity contribution in [3.63, 3.8) is 0 Å². The van der Waals surface area contributed by atoms with Crippen LogP contribution in [0.4, 0.5) is 0 Å². The Labute approximate surface area is 104 Å². The first-order chi connectivity index (χ1) is 8.70. The SMILES string of the molecule is COc1cccc(C(=O)O)c1OCCCN=[N+]=[N-]. The maximum absolute atomic E-state index is 11.0. The van der Waals surface area contributed by atoms with Crippen molar-refractivity contribution < 1.29 is 19.4 Å². The number of ether oxygens (including phenoxy) is 2. The van der Waals surface area contributed by atoms with Gasteiger partial charge in [-0.3, -0.25) is 0 Å². The van der Waals surface area contributed by atoms with Gasteiger partial charge in [-0.25, -0.2) is 4.79 Å². The number of carbonyl (C=O) groups is 1. The third-order valence-electron chi connectivity index (χ3n) is 2.14. The summed E-state index contributed by atoms with van der Waals surface area (Å²) < 4.78 is 10.4. The maximum atomic E-state index is 11.0. The Balaban J connectivity index is 2.78. The fourth-order valence-electron chi connectivity index (χ4n) is 1.35. The highest BCUT2D eigenvalue weighted by molar-refractivity contribution is 5.92. The van der Waals surface area contributed by atoms with E-state index in [0.717, 1.165) is 0 Å². The number of hydrogen-bond donors (Lipinski definition) is 1. The molecular formula is C11H13N3O4. The lowest BCUT2D eigenvalue weighted by Crippen LogP contribution is -2.06. The Hall–Kier alpha value is -2.40. The average molecular weight is 251 g/mol. The van der Waals surface area contributed by atoms with Crippen molar-refractivity contribution in [3.8, 4) is 11.5 Å². The molecule has 0 aliphatic carbocycles. The lowest BCUT2D eigenvalue weighted by molar-refractivity contribution is 0.0691. The van der Waals surface area contributed by atoms with Gasteiger partial charge in [0.1, 0.15) is 5.56 Å². The quantitative estimate of drug-likeness (QED) is 0.347. The first-order valence-corrected chi connectivity index (χ1v) is 5.24. The number of methoxy groups -OCH3 is 1. The van der Waals surface area contributed by atoms with Crippen LogP contribution in [0.1, 0.15) is 16.8 Å². The third-order valence-corrected chi connectivity index (χ3v) is 2.14. The van der Waals surface area contributed by atoms with Crippen LogP contribution >= 0.6 is 0 Å². The summed E-state index contributed by atoms with van der Waals surface area (Å²) in [5, 5.41) is 12.4. The van der Waals surface area contributed by atoms with Crippen molar-refractivity contribution in [2.45, 2.75) is 6.42 Å². The van der Waals surface area contributed by atoms with Crippen LogP contribution in [0.5, 0.6) is 11.5 Å². The molecule has 0 radical (unpaired) electrons. The fourth-order valence-corrected chi connectivity index (χ4v) is 1.35. The van der Waals surface area contributed by atoms with Gasteiger partial charge in [-0.2, -0.15) is 0 Å². The van der Waals surface area contributed by atoms with Crippen molar-refractivity contribution in [1.82, 2.24) is 0 Å². The van der Waals surface area contributed by atoms with Crippen LogP contribution in [-0.4, -0.2) is 31.3 Å². The second kappa shape index (κ2) is 7.03. The predicted octanol–water partition coefficient (Wildman–Crippen LogP) is 2.47. The zero-order valence-corrected chi connectivity index (χ0v) is 9.87. The number of benzene rings is 1. The molecule has 1 aromatic carbocycles. The topological polar surface area (TPSA) is 105 Å². The smallest absolute Gasteiger partial charge is 0.339 e. The lowest BCUT2D eigenvalue weighted by atomic mass is 10.2. The summed E-state index contributed by atoms with van der Waals surface area (Å²) in [7, 11) is 1.44. The van der Waals surface area contributed by atoms with Gasteiger partial charge in [0.15, 0.2) is 11.5 Å². The van der Waals surface area contributed by atoms with Crippen molar-refractivity contribution in [3.05, 3.63) is 34.2 Å². The van der Waals surface area contributed by atoms with Crippen molar-refractivity contribution in [1.29, 1.82) is 0 Å². The molecule has 96 valence electrons. The number of carboxylic acids is 1. The summed E-state index contributed by atoms with van der Waals surface area (Å²) in [5.74, 6) is -0.536. The van der Waals surface area contributed by atoms with Gasteiger partial charge >= 0.3 is 5.97 Å². The first kappa shape index (κ1) is 13.7. The second-order valence-corrected chi connectivity index (χ2v) is 3.30. The van der Waals surface area contributed by atoms with E-state index in [0.29, 0.717) is 18.7 Å². The number of aromatic carboxylic acids is 1. The minimum Gasteiger partial charge on any atom is -0.493 e. The van der Waals surface area contributed by atoms with E-state index in [2.05, 4.69) is 10.0 Å². The van der Waals surface area contributed by atoms with Gasteiger partial charge in [0, 0.05) is 11.5 Å². The molecule has 0 aromatic heterocycles. The standard InChI is InChI=1S/C11H13N3O4/c1-17-9-5-2-4-8(11(15)16)10(9)18-7-3-6-13-14-12/h2,4-5H,3,6-7H2,1H3,(H,15,16). The number of carboxylic acid groups (broad SMARTS) is 1. The van der Waals surface area contributed by atoms with Crippen LogP contribution in [0.25, 0.3) is 10.4 Å². The number of nitrogens with zero attached hydrogens (tertiary/aromatic N) is 3. The number of hydrogen-bond acceptors (Lipinski definition) is 4. The molecule has 0 amide bonds. The monoisotopic (exact) mass is 251 g/mol. The summed E-state index contributed by atoms with van der Waals surface area (Å²) in [6, 6.07) is 4.64. The summed E-state index contributed by atoms with van der Waals surface area (Å²) in [6.07, 6.45) is 0.501. The fraction of sp³-hybridized carbons (Fsp3) is 0.364. The third kappa shape index (κ3) is 3.57. The average Bonchev–Trinajstić information content (AvgIpc) is 2.38. The van der Waals surface area contributed by atoms with Crippen molar-refractivity contribution >= 4 is 5.97 Å². The van der Waals surface area contributed by atoms with Crippen LogP contribution in [-0.2, 0) is 0 Å². The Morgan fingerprint density at radius 3 is 2.94 bits per heavy atom. The molecule has 0 heterocycles. The Kier molecular flexibility index (Phi) is 5.34. The number of rotatable bonds is 7. The maximum Gasteiger partial charge on any atom is 0.339 e. The molecule has 0 spiro atoms. The van der Waals surface area contributed by atoms with E-state index in [-0.39, 0.29) is 17.9 Å². The highest BCUT2D eigenvalue weighted by Crippen LogP contribution is 2.31. The van der Waals surface area contributed by atoms with E-state index in [4.69, 9.17) is 20.1 Å². The lowest BCUT2D eigenvalue weighted by Gasteiger charge is -2.12. The van der Waals surface area contributed by atoms with Gasteiger partial charge in [0.2, 0.25) is 0 Å². The molecule has 18 heavy (non-hydrogen) atoms. The molecule has 0 aliphatic rings. The normalized spacial score (nSPS) is 9.39. The van der Waals surface area contributed by atoms with Crippen LogP contribution in [0, 0.1) is 0 Å². The van der Waals surface area contributed by atoms with Crippen molar-refractivity contribution in [2.24, 2.45) is 5.11 Å². The van der Waals surface area contributed by atoms with E-state index in [1.165, 1.54) is 13.2 Å². The van der Waals surface area contributed by atoms with E-state index in [9.17, 15) is 4.79 Å². The van der Waals surface area contributed by atoms with Gasteiger partial charge in [-0.15, -0.1) is 0 Å². The molecule has 0 aliphatic heterocycles. The van der Waals surface area contributed by atoms with Gasteiger partial charge in [-0.05, 0) is 24.1 Å². The van der Waals surface area contributed by atoms with Crippen LogP contribution in [0.15, 0.2) is 23.3 Å². The predicted molar refractivity (Wildman–Crippen MR) is 64.1 cm³/mol. The van der Waals surface area contributed by atoms with Gasteiger partial charge in [0.05, 0.1) is 13.7 Å². The molecule has 0 bridgehead atoms. The Bertz CT molecular complexity index is 469. The first-order valence-electron chi connectivity index (χ1n) is 5.24. The summed E-state index contributed by atoms with van der Waals surface area (Å²) in [6.45, 7) is 0.549. The number of para-hydroxylation sites is 1. The Morgan fingerprint density at radius 2 is 2.33 bits per heavy atom. The van der Waals surface area contributed by atoms with E-state index in [1.54, 1.807) is 12.1 Å². The zero-order chi connectivity index (χ0) is 13.4. The summed E-state index contributed by atoms with van der Waals surface area (Å²) in [4.78, 5) is 13.6. The summed E-state index contributed by atoms with van der Waals surface area (Å²) in [5.41, 5.74) is 8.14. The molecule has 1 N–H and O–H groups in total. The van der Waals surface area contributed by atoms with E-state index in [1.807, 2.05) is 0 Å². The molecule has 0 saturated carbocycles. The van der Waals surface area contributed by atoms with Crippen LogP contribution in [0.2, 0.25) is 0 Å². The molecule has 1 rings (SSSR count). The van der Waals surface area contributed by atoms with E-state index < -0.39 is 5.97 Å². The summed E-state index contributed by atoms with van der Waals surface area (Å²) >= 11 is 0. The molecule has 0 atom stereocenters. The van der Waals surface area contributed by atoms with Crippen molar-refractivity contribution in [2.75, 3.05) is 20.3 Å². The van der Waals surface area contributed by atoms with Gasteiger partial charge in [-0.1, -0.05) is 11.2 Å². The van der Waals surface area contributed by atoms with Crippen LogP contribution in [0.3, 0.4) is 0 Å². The Morgan fingerprint density at radius 1 is 1.56 bits per heavy atom. The highest BCUT2D eigenvalue weighted by atomic mass is 16.5. The largest absolute Gasteiger partial charge is 0.493 e. The van der Waals surface area contributed by atoms with Gasteiger partial charge < -0.3 is 14.6 Å². The molecule has 0 unspecified atom stereocenters. The highest BCUT2D eigenvalue weighted by Gasteiger charge is 2.15.